The van der Waals surface area contributed by atoms with Crippen molar-refractivity contribution in [3.8, 4) is 0 Å². The number of carbonyl (C=O) groups is 1. The molecule has 1 aliphatic heterocycles. The Bertz CT molecular complexity index is 259. The highest BCUT2D eigenvalue weighted by Crippen LogP contribution is 2.05. The van der Waals surface area contributed by atoms with E-state index in [1.807, 2.05) is 0 Å². The molecule has 0 aliphatic carbocycles. The maximum atomic E-state index is 11.2. The van der Waals surface area contributed by atoms with Gasteiger partial charge in [-0.25, -0.2) is 9.00 Å². The zero-order valence-corrected chi connectivity index (χ0v) is 7.73. The van der Waals surface area contributed by atoms with Gasteiger partial charge >= 0.3 is 6.09 Å². The lowest BCUT2D eigenvalue weighted by atomic mass is 10.5. The Kier molecular flexibility index (Phi) is 2.56. The average Bonchev–Trinajstić information content (AvgIpc) is 2.03. The van der Waals surface area contributed by atoms with Crippen molar-refractivity contribution >= 4 is 15.8 Å². The third-order valence-electron chi connectivity index (χ3n) is 1.81. The van der Waals surface area contributed by atoms with Crippen LogP contribution >= 0.6 is 0 Å². The molecule has 1 rings (SSSR count). The van der Waals surface area contributed by atoms with Gasteiger partial charge in [0.15, 0.2) is 0 Å². The summed E-state index contributed by atoms with van der Waals surface area (Å²) < 4.78 is 22.9. The van der Waals surface area contributed by atoms with Gasteiger partial charge in [0.2, 0.25) is 0 Å². The van der Waals surface area contributed by atoms with Crippen molar-refractivity contribution in [1.82, 2.24) is 4.90 Å². The normalized spacial score (nSPS) is 21.9. The van der Waals surface area contributed by atoms with Crippen LogP contribution in [0, 0.1) is 4.78 Å². The van der Waals surface area contributed by atoms with Crippen molar-refractivity contribution < 1.29 is 13.7 Å². The fourth-order valence-electron chi connectivity index (χ4n) is 1.04. The van der Waals surface area contributed by atoms with Gasteiger partial charge in [-0.1, -0.05) is 0 Å². The molecule has 0 saturated carbocycles. The van der Waals surface area contributed by atoms with E-state index in [0.717, 1.165) is 0 Å². The van der Waals surface area contributed by atoms with Crippen LogP contribution in [0.5, 0.6) is 0 Å². The quantitative estimate of drug-likeness (QED) is 0.592. The first kappa shape index (κ1) is 9.31. The molecule has 0 bridgehead atoms. The molecular weight excluding hydrogens is 180 g/mol. The molecule has 0 atom stereocenters. The fraction of sp³-hybridized carbons (Fsp3) is 0.833. The first-order valence-electron chi connectivity index (χ1n) is 3.62. The summed E-state index contributed by atoms with van der Waals surface area (Å²) in [6.45, 7) is 0.740. The molecule has 0 radical (unpaired) electrons. The fourth-order valence-corrected chi connectivity index (χ4v) is 2.28. The lowest BCUT2D eigenvalue weighted by molar-refractivity contribution is 0.127. The molecule has 0 aromatic carbocycles. The minimum atomic E-state index is -2.41. The van der Waals surface area contributed by atoms with Gasteiger partial charge in [-0.15, -0.1) is 0 Å². The number of hydrogen-bond acceptors (Lipinski definition) is 4. The van der Waals surface area contributed by atoms with Crippen LogP contribution in [0.25, 0.3) is 0 Å². The van der Waals surface area contributed by atoms with Crippen LogP contribution in [0.2, 0.25) is 0 Å². The SMILES string of the molecule is COC(=O)N1CCS(=N)(=O)CC1. The number of rotatable bonds is 0. The highest BCUT2D eigenvalue weighted by Gasteiger charge is 2.22. The van der Waals surface area contributed by atoms with Gasteiger partial charge < -0.3 is 9.64 Å². The molecule has 0 aromatic heterocycles. The van der Waals surface area contributed by atoms with Crippen LogP contribution in [0.1, 0.15) is 0 Å². The molecular formula is C6H12N2O3S. The Hall–Kier alpha value is -0.780. The minimum absolute atomic E-state index is 0.266. The topological polar surface area (TPSA) is 70.5 Å². The van der Waals surface area contributed by atoms with E-state index in [2.05, 4.69) is 4.74 Å². The van der Waals surface area contributed by atoms with Crippen molar-refractivity contribution in [2.24, 2.45) is 0 Å². The zero-order chi connectivity index (χ0) is 9.19. The van der Waals surface area contributed by atoms with E-state index < -0.39 is 15.8 Å². The summed E-state index contributed by atoms with van der Waals surface area (Å²) in [4.78, 5) is 12.4. The molecule has 1 saturated heterocycles. The van der Waals surface area contributed by atoms with Gasteiger partial charge in [-0.3, -0.25) is 4.78 Å². The van der Waals surface area contributed by atoms with E-state index in [1.54, 1.807) is 0 Å². The number of methoxy groups -OCH3 is 1. The largest absolute Gasteiger partial charge is 0.453 e. The van der Waals surface area contributed by atoms with Crippen LogP contribution in [-0.2, 0) is 14.5 Å². The summed E-state index contributed by atoms with van der Waals surface area (Å²) in [7, 11) is -1.09. The van der Waals surface area contributed by atoms with Crippen molar-refractivity contribution in [2.45, 2.75) is 0 Å². The molecule has 1 heterocycles. The van der Waals surface area contributed by atoms with E-state index in [9.17, 15) is 9.00 Å². The van der Waals surface area contributed by atoms with Crippen molar-refractivity contribution in [3.05, 3.63) is 0 Å². The number of ether oxygens (including phenoxy) is 1. The monoisotopic (exact) mass is 192 g/mol. The van der Waals surface area contributed by atoms with Crippen molar-refractivity contribution in [2.75, 3.05) is 31.7 Å². The molecule has 1 N–H and O–H groups in total. The Labute approximate surface area is 71.7 Å². The molecule has 1 fully saturated rings. The summed E-state index contributed by atoms with van der Waals surface area (Å²) in [5.74, 6) is 0.532. The molecule has 70 valence electrons. The van der Waals surface area contributed by atoms with Crippen LogP contribution < -0.4 is 0 Å². The summed E-state index contributed by atoms with van der Waals surface area (Å²) in [6, 6.07) is 0. The highest BCUT2D eigenvalue weighted by molar-refractivity contribution is 7.92. The first-order valence-corrected chi connectivity index (χ1v) is 5.52. The Morgan fingerprint density at radius 1 is 1.50 bits per heavy atom. The third-order valence-corrected chi connectivity index (χ3v) is 3.50. The summed E-state index contributed by atoms with van der Waals surface area (Å²) in [6.07, 6.45) is -0.398. The smallest absolute Gasteiger partial charge is 0.409 e. The summed E-state index contributed by atoms with van der Waals surface area (Å²) in [5, 5.41) is 0. The number of amides is 1. The second-order valence-corrected chi connectivity index (χ2v) is 5.12. The molecule has 0 unspecified atom stereocenters. The van der Waals surface area contributed by atoms with E-state index in [1.165, 1.54) is 12.0 Å². The van der Waals surface area contributed by atoms with Crippen molar-refractivity contribution in [1.29, 1.82) is 4.78 Å². The first-order chi connectivity index (χ1) is 5.55. The molecule has 1 amide bonds. The number of nitrogens with zero attached hydrogens (tertiary/aromatic N) is 1. The highest BCUT2D eigenvalue weighted by atomic mass is 32.2. The molecule has 6 heteroatoms. The van der Waals surface area contributed by atoms with Crippen LogP contribution in [0.15, 0.2) is 0 Å². The number of hydrogen-bond donors (Lipinski definition) is 1. The predicted molar refractivity (Wildman–Crippen MR) is 44.6 cm³/mol. The minimum Gasteiger partial charge on any atom is -0.453 e. The van der Waals surface area contributed by atoms with E-state index >= 15 is 0 Å². The van der Waals surface area contributed by atoms with Gasteiger partial charge in [0.1, 0.15) is 0 Å². The summed E-state index contributed by atoms with van der Waals surface area (Å²) >= 11 is 0. The lowest BCUT2D eigenvalue weighted by Gasteiger charge is -2.26. The third kappa shape index (κ3) is 2.10. The molecule has 1 aliphatic rings. The average molecular weight is 192 g/mol. The van der Waals surface area contributed by atoms with E-state index in [0.29, 0.717) is 13.1 Å². The standard InChI is InChI=1S/C6H12N2O3S/c1-11-6(9)8-2-4-12(7,10)5-3-8/h7H,2-5H2,1H3. The van der Waals surface area contributed by atoms with Gasteiger partial charge in [-0.2, -0.15) is 0 Å². The van der Waals surface area contributed by atoms with Gasteiger partial charge in [0.05, 0.1) is 7.11 Å². The van der Waals surface area contributed by atoms with Gasteiger partial charge in [0, 0.05) is 34.3 Å². The van der Waals surface area contributed by atoms with Crippen LogP contribution in [-0.4, -0.2) is 46.9 Å². The number of nitrogens with one attached hydrogen (secondary N) is 1. The molecule has 12 heavy (non-hydrogen) atoms. The second-order valence-electron chi connectivity index (χ2n) is 2.68. The maximum Gasteiger partial charge on any atom is 0.409 e. The molecule has 0 spiro atoms. The molecule has 5 nitrogen and oxygen atoms in total. The number of carbonyl (C=O) groups excluding carboxylic acids is 1. The summed E-state index contributed by atoms with van der Waals surface area (Å²) in [5.41, 5.74) is 0. The predicted octanol–water partition coefficient (Wildman–Crippen LogP) is 0.115. The maximum absolute atomic E-state index is 11.2. The van der Waals surface area contributed by atoms with Crippen molar-refractivity contribution in [3.63, 3.8) is 0 Å². The van der Waals surface area contributed by atoms with Gasteiger partial charge in [0.25, 0.3) is 0 Å². The van der Waals surface area contributed by atoms with Gasteiger partial charge in [-0.05, 0) is 0 Å². The van der Waals surface area contributed by atoms with Crippen LogP contribution in [0.4, 0.5) is 4.79 Å². The lowest BCUT2D eigenvalue weighted by Crippen LogP contribution is -2.43. The Morgan fingerprint density at radius 3 is 2.42 bits per heavy atom. The zero-order valence-electron chi connectivity index (χ0n) is 6.91. The van der Waals surface area contributed by atoms with E-state index in [-0.39, 0.29) is 11.5 Å². The van der Waals surface area contributed by atoms with Crippen LogP contribution in [0.3, 0.4) is 0 Å². The molecule has 0 aromatic rings. The Balaban J connectivity index is 2.52. The Morgan fingerprint density at radius 2 is 2.00 bits per heavy atom. The van der Waals surface area contributed by atoms with E-state index in [4.69, 9.17) is 4.78 Å². The second kappa shape index (κ2) is 3.30.